The Hall–Kier alpha value is -3.08. The second-order valence-electron chi connectivity index (χ2n) is 7.00. The summed E-state index contributed by atoms with van der Waals surface area (Å²) in [5, 5.41) is 6.10. The lowest BCUT2D eigenvalue weighted by molar-refractivity contribution is -0.142. The van der Waals surface area contributed by atoms with Gasteiger partial charge in [-0.25, -0.2) is 0 Å². The number of carbonyl (C=O) groups is 2. The van der Waals surface area contributed by atoms with Crippen LogP contribution in [-0.4, -0.2) is 65.9 Å². The smallest absolute Gasteiger partial charge is 0.378 e. The van der Waals surface area contributed by atoms with Gasteiger partial charge in [0.25, 0.3) is 0 Å². The molecule has 2 amide bonds. The molecule has 0 unspecified atom stereocenters. The number of halogens is 3. The number of amides is 2. The van der Waals surface area contributed by atoms with E-state index in [1.807, 2.05) is 12.1 Å². The number of carbonyl (C=O) groups excluding carboxylic acids is 2. The molecule has 1 aliphatic heterocycles. The van der Waals surface area contributed by atoms with Crippen molar-refractivity contribution in [1.82, 2.24) is 14.7 Å². The summed E-state index contributed by atoms with van der Waals surface area (Å²) in [5.74, 6) is -0.900. The molecule has 8 nitrogen and oxygen atoms in total. The Morgan fingerprint density at radius 3 is 2.42 bits per heavy atom. The van der Waals surface area contributed by atoms with Crippen LogP contribution in [0.4, 0.5) is 24.5 Å². The van der Waals surface area contributed by atoms with Crippen LogP contribution in [0.2, 0.25) is 0 Å². The molecule has 0 spiro atoms. The van der Waals surface area contributed by atoms with Crippen LogP contribution < -0.4 is 10.2 Å². The standard InChI is InChI=1S/C20H24F3N5O3/c1-2-26(19(30)14-28-8-7-17(25-28)20(21,22)23)13-18(29)24-15-3-5-16(6-4-15)27-9-11-31-12-10-27/h3-8H,2,9-14H2,1H3,(H,24,29). The summed E-state index contributed by atoms with van der Waals surface area (Å²) in [6, 6.07) is 8.17. The Bertz CT molecular complexity index is 892. The topological polar surface area (TPSA) is 79.7 Å². The van der Waals surface area contributed by atoms with Crippen LogP contribution >= 0.6 is 0 Å². The SMILES string of the molecule is CCN(CC(=O)Nc1ccc(N2CCOCC2)cc1)C(=O)Cn1ccc(C(F)(F)F)n1. The van der Waals surface area contributed by atoms with E-state index >= 15 is 0 Å². The number of morpholine rings is 1. The maximum atomic E-state index is 12.6. The van der Waals surface area contributed by atoms with E-state index in [2.05, 4.69) is 15.3 Å². The molecule has 3 rings (SSSR count). The van der Waals surface area contributed by atoms with Crippen molar-refractivity contribution in [2.75, 3.05) is 49.6 Å². The molecule has 11 heteroatoms. The summed E-state index contributed by atoms with van der Waals surface area (Å²) in [4.78, 5) is 28.2. The van der Waals surface area contributed by atoms with E-state index in [9.17, 15) is 22.8 Å². The predicted octanol–water partition coefficient (Wildman–Crippen LogP) is 2.23. The van der Waals surface area contributed by atoms with Crippen molar-refractivity contribution in [2.45, 2.75) is 19.6 Å². The van der Waals surface area contributed by atoms with E-state index < -0.39 is 23.7 Å². The van der Waals surface area contributed by atoms with Gasteiger partial charge in [-0.2, -0.15) is 18.3 Å². The van der Waals surface area contributed by atoms with Crippen molar-refractivity contribution in [3.8, 4) is 0 Å². The first-order valence-corrected chi connectivity index (χ1v) is 9.87. The van der Waals surface area contributed by atoms with Crippen LogP contribution in [0.3, 0.4) is 0 Å². The first kappa shape index (κ1) is 22.6. The summed E-state index contributed by atoms with van der Waals surface area (Å²) < 4.78 is 44.2. The number of likely N-dealkylation sites (N-methyl/N-ethyl adjacent to an activating group) is 1. The molecule has 0 aliphatic carbocycles. The van der Waals surface area contributed by atoms with Gasteiger partial charge in [0, 0.05) is 37.2 Å². The maximum absolute atomic E-state index is 12.6. The largest absolute Gasteiger partial charge is 0.435 e. The van der Waals surface area contributed by atoms with Crippen molar-refractivity contribution in [3.63, 3.8) is 0 Å². The summed E-state index contributed by atoms with van der Waals surface area (Å²) in [5.41, 5.74) is 0.554. The number of hydrogen-bond acceptors (Lipinski definition) is 5. The van der Waals surface area contributed by atoms with Gasteiger partial charge >= 0.3 is 6.18 Å². The Morgan fingerprint density at radius 1 is 1.16 bits per heavy atom. The van der Waals surface area contributed by atoms with Crippen LogP contribution in [0.5, 0.6) is 0 Å². The van der Waals surface area contributed by atoms with Crippen molar-refractivity contribution in [1.29, 1.82) is 0 Å². The summed E-state index contributed by atoms with van der Waals surface area (Å²) >= 11 is 0. The average molecular weight is 439 g/mol. The van der Waals surface area contributed by atoms with E-state index in [0.29, 0.717) is 18.9 Å². The number of rotatable bonds is 7. The van der Waals surface area contributed by atoms with E-state index in [1.54, 1.807) is 19.1 Å². The summed E-state index contributed by atoms with van der Waals surface area (Å²) in [7, 11) is 0. The van der Waals surface area contributed by atoms with Gasteiger partial charge in [0.2, 0.25) is 11.8 Å². The van der Waals surface area contributed by atoms with Crippen LogP contribution in [0.25, 0.3) is 0 Å². The number of benzene rings is 1. The summed E-state index contributed by atoms with van der Waals surface area (Å²) in [6.45, 7) is 4.28. The van der Waals surface area contributed by atoms with Gasteiger partial charge in [-0.15, -0.1) is 0 Å². The van der Waals surface area contributed by atoms with Gasteiger partial charge in [0.15, 0.2) is 5.69 Å². The molecular weight excluding hydrogens is 415 g/mol. The number of aromatic nitrogens is 2. The average Bonchev–Trinajstić information content (AvgIpc) is 3.22. The molecule has 2 heterocycles. The molecule has 1 aromatic heterocycles. The van der Waals surface area contributed by atoms with E-state index in [-0.39, 0.29) is 19.6 Å². The molecule has 0 radical (unpaired) electrons. The Labute approximate surface area is 177 Å². The second-order valence-corrected chi connectivity index (χ2v) is 7.00. The van der Waals surface area contributed by atoms with Gasteiger partial charge < -0.3 is 19.9 Å². The molecule has 0 bridgehead atoms. The highest BCUT2D eigenvalue weighted by molar-refractivity contribution is 5.94. The third kappa shape index (κ3) is 6.20. The monoisotopic (exact) mass is 439 g/mol. The Balaban J connectivity index is 1.53. The van der Waals surface area contributed by atoms with Gasteiger partial charge in [-0.3, -0.25) is 14.3 Å². The molecule has 1 fully saturated rings. The quantitative estimate of drug-likeness (QED) is 0.716. The molecule has 0 atom stereocenters. The molecule has 31 heavy (non-hydrogen) atoms. The molecular formula is C20H24F3N5O3. The summed E-state index contributed by atoms with van der Waals surface area (Å²) in [6.07, 6.45) is -3.49. The minimum Gasteiger partial charge on any atom is -0.378 e. The zero-order chi connectivity index (χ0) is 22.4. The minimum atomic E-state index is -4.57. The molecule has 1 saturated heterocycles. The number of nitrogens with zero attached hydrogens (tertiary/aromatic N) is 4. The lowest BCUT2D eigenvalue weighted by Crippen LogP contribution is -2.39. The van der Waals surface area contributed by atoms with Crippen LogP contribution in [-0.2, 0) is 27.0 Å². The van der Waals surface area contributed by atoms with Crippen LogP contribution in [0, 0.1) is 0 Å². The third-order valence-corrected chi connectivity index (χ3v) is 4.82. The lowest BCUT2D eigenvalue weighted by atomic mass is 10.2. The molecule has 1 N–H and O–H groups in total. The van der Waals surface area contributed by atoms with Crippen LogP contribution in [0.1, 0.15) is 12.6 Å². The number of alkyl halides is 3. The zero-order valence-corrected chi connectivity index (χ0v) is 17.1. The van der Waals surface area contributed by atoms with Crippen molar-refractivity contribution in [2.24, 2.45) is 0 Å². The Morgan fingerprint density at radius 2 is 1.84 bits per heavy atom. The molecule has 168 valence electrons. The molecule has 1 aromatic carbocycles. The van der Waals surface area contributed by atoms with Crippen molar-refractivity contribution < 1.29 is 27.5 Å². The molecule has 2 aromatic rings. The van der Waals surface area contributed by atoms with Crippen molar-refractivity contribution in [3.05, 3.63) is 42.2 Å². The van der Waals surface area contributed by atoms with E-state index in [4.69, 9.17) is 4.74 Å². The first-order chi connectivity index (χ1) is 14.8. The van der Waals surface area contributed by atoms with Gasteiger partial charge in [-0.1, -0.05) is 0 Å². The second kappa shape index (κ2) is 9.82. The van der Waals surface area contributed by atoms with Crippen molar-refractivity contribution >= 4 is 23.2 Å². The number of anilines is 2. The van der Waals surface area contributed by atoms with Gasteiger partial charge in [0.05, 0.1) is 19.8 Å². The molecule has 0 saturated carbocycles. The third-order valence-electron chi connectivity index (χ3n) is 4.82. The fourth-order valence-electron chi connectivity index (χ4n) is 3.17. The highest BCUT2D eigenvalue weighted by Crippen LogP contribution is 2.27. The van der Waals surface area contributed by atoms with Crippen LogP contribution in [0.15, 0.2) is 36.5 Å². The highest BCUT2D eigenvalue weighted by Gasteiger charge is 2.33. The van der Waals surface area contributed by atoms with Gasteiger partial charge in [0.1, 0.15) is 6.54 Å². The normalized spacial score (nSPS) is 14.4. The Kier molecular flexibility index (Phi) is 7.16. The number of hydrogen-bond donors (Lipinski definition) is 1. The fourth-order valence-corrected chi connectivity index (χ4v) is 3.17. The maximum Gasteiger partial charge on any atom is 0.435 e. The molecule has 1 aliphatic rings. The van der Waals surface area contributed by atoms with E-state index in [0.717, 1.165) is 35.7 Å². The fraction of sp³-hybridized carbons (Fsp3) is 0.450. The first-order valence-electron chi connectivity index (χ1n) is 9.87. The van der Waals surface area contributed by atoms with E-state index in [1.165, 1.54) is 4.90 Å². The highest BCUT2D eigenvalue weighted by atomic mass is 19.4. The predicted molar refractivity (Wildman–Crippen MR) is 108 cm³/mol. The number of nitrogens with one attached hydrogen (secondary N) is 1. The number of ether oxygens (including phenoxy) is 1. The lowest BCUT2D eigenvalue weighted by Gasteiger charge is -2.29. The van der Waals surface area contributed by atoms with Gasteiger partial charge in [-0.05, 0) is 37.3 Å². The minimum absolute atomic E-state index is 0.214. The zero-order valence-electron chi connectivity index (χ0n) is 17.1.